The van der Waals surface area contributed by atoms with Crippen LogP contribution in [-0.4, -0.2) is 33.1 Å². The van der Waals surface area contributed by atoms with Gasteiger partial charge in [-0.05, 0) is 58.4 Å². The number of aliphatic hydroxyl groups excluding tert-OH is 1. The summed E-state index contributed by atoms with van der Waals surface area (Å²) in [6, 6.07) is 12.5. The van der Waals surface area contributed by atoms with Crippen LogP contribution in [0.4, 0.5) is 5.95 Å². The van der Waals surface area contributed by atoms with Gasteiger partial charge in [-0.15, -0.1) is 0 Å². The Bertz CT molecular complexity index is 1080. The Balaban J connectivity index is 1.94. The number of fused-ring (bicyclic) bond motifs is 1. The molecule has 0 spiro atoms. The quantitative estimate of drug-likeness (QED) is 0.475. The average Bonchev–Trinajstić information content (AvgIpc) is 3.01. The van der Waals surface area contributed by atoms with Crippen LogP contribution in [0.5, 0.6) is 5.75 Å². The van der Waals surface area contributed by atoms with Crippen molar-refractivity contribution in [3.63, 3.8) is 0 Å². The second kappa shape index (κ2) is 8.67. The lowest BCUT2D eigenvalue weighted by Gasteiger charge is -2.16. The maximum Gasteiger partial charge on any atom is 0.316 e. The van der Waals surface area contributed by atoms with Crippen LogP contribution in [-0.2, 0) is 11.3 Å². The van der Waals surface area contributed by atoms with E-state index in [1.807, 2.05) is 23.6 Å². The molecule has 2 aromatic carbocycles. The number of ether oxygens (including phenoxy) is 1. The molecule has 7 heteroatoms. The van der Waals surface area contributed by atoms with E-state index < -0.39 is 5.41 Å². The Morgan fingerprint density at radius 1 is 1.17 bits per heavy atom. The first-order valence-corrected chi connectivity index (χ1v) is 9.90. The highest BCUT2D eigenvalue weighted by molar-refractivity contribution is 6.04. The van der Waals surface area contributed by atoms with Crippen molar-refractivity contribution in [2.45, 2.75) is 40.7 Å². The highest BCUT2D eigenvalue weighted by Gasteiger charge is 2.24. The van der Waals surface area contributed by atoms with Crippen LogP contribution in [0.2, 0.25) is 0 Å². The molecule has 0 aliphatic carbocycles. The number of imidazole rings is 1. The molecular formula is C23H27N3O4. The van der Waals surface area contributed by atoms with E-state index in [-0.39, 0.29) is 18.5 Å². The van der Waals surface area contributed by atoms with Crippen molar-refractivity contribution in [3.05, 3.63) is 53.6 Å². The minimum absolute atomic E-state index is 0.0201. The predicted octanol–water partition coefficient (Wildman–Crippen LogP) is 3.93. The molecule has 2 N–H and O–H groups in total. The zero-order valence-corrected chi connectivity index (χ0v) is 17.7. The fourth-order valence-electron chi connectivity index (χ4n) is 2.94. The van der Waals surface area contributed by atoms with Crippen molar-refractivity contribution in [1.29, 1.82) is 0 Å². The summed E-state index contributed by atoms with van der Waals surface area (Å²) < 4.78 is 7.31. The van der Waals surface area contributed by atoms with E-state index in [2.05, 4.69) is 10.3 Å². The lowest BCUT2D eigenvalue weighted by molar-refractivity contribution is -0.142. The molecular weight excluding hydrogens is 382 g/mol. The number of rotatable bonds is 6. The highest BCUT2D eigenvalue weighted by atomic mass is 16.5. The Morgan fingerprint density at radius 2 is 1.93 bits per heavy atom. The van der Waals surface area contributed by atoms with Crippen molar-refractivity contribution in [2.75, 3.05) is 11.9 Å². The molecule has 3 rings (SSSR count). The zero-order chi connectivity index (χ0) is 21.9. The third-order valence-electron chi connectivity index (χ3n) is 4.59. The summed E-state index contributed by atoms with van der Waals surface area (Å²) in [5.74, 6) is 0.170. The van der Waals surface area contributed by atoms with Gasteiger partial charge in [0.25, 0.3) is 5.91 Å². The van der Waals surface area contributed by atoms with E-state index >= 15 is 0 Å². The van der Waals surface area contributed by atoms with Crippen molar-refractivity contribution in [3.8, 4) is 5.75 Å². The molecule has 0 unspecified atom stereocenters. The molecule has 1 aromatic heterocycles. The minimum atomic E-state index is -0.623. The van der Waals surface area contributed by atoms with Gasteiger partial charge >= 0.3 is 5.97 Å². The maximum absolute atomic E-state index is 12.7. The third-order valence-corrected chi connectivity index (χ3v) is 4.59. The molecule has 0 aliphatic rings. The second-order valence-electron chi connectivity index (χ2n) is 8.28. The van der Waals surface area contributed by atoms with Crippen LogP contribution < -0.4 is 10.1 Å². The van der Waals surface area contributed by atoms with Gasteiger partial charge in [-0.3, -0.25) is 14.9 Å². The van der Waals surface area contributed by atoms with Crippen LogP contribution in [0.25, 0.3) is 11.0 Å². The SMILES string of the molecule is Cc1cccc(C(=O)Nc2nc3cc(OC(=O)C(C)(C)C)ccc3n2CCCO)c1. The number of amides is 1. The third kappa shape index (κ3) is 4.86. The summed E-state index contributed by atoms with van der Waals surface area (Å²) in [6.45, 7) is 7.79. The van der Waals surface area contributed by atoms with Gasteiger partial charge in [0, 0.05) is 24.8 Å². The molecule has 0 radical (unpaired) electrons. The Morgan fingerprint density at radius 3 is 2.60 bits per heavy atom. The summed E-state index contributed by atoms with van der Waals surface area (Å²) in [4.78, 5) is 29.4. The molecule has 1 amide bonds. The maximum atomic E-state index is 12.7. The number of benzene rings is 2. The number of hydrogen-bond donors (Lipinski definition) is 2. The summed E-state index contributed by atoms with van der Waals surface area (Å²) in [5, 5.41) is 12.1. The Hall–Kier alpha value is -3.19. The number of esters is 1. The molecule has 0 saturated carbocycles. The largest absolute Gasteiger partial charge is 0.426 e. The highest BCUT2D eigenvalue weighted by Crippen LogP contribution is 2.27. The molecule has 0 fully saturated rings. The normalized spacial score (nSPS) is 11.5. The van der Waals surface area contributed by atoms with Gasteiger partial charge in [0.15, 0.2) is 0 Å². The molecule has 7 nitrogen and oxygen atoms in total. The molecule has 158 valence electrons. The molecule has 0 bridgehead atoms. The van der Waals surface area contributed by atoms with Gasteiger partial charge in [-0.2, -0.15) is 0 Å². The monoisotopic (exact) mass is 409 g/mol. The van der Waals surface area contributed by atoms with E-state index in [0.717, 1.165) is 11.1 Å². The number of aromatic nitrogens is 2. The standard InChI is InChI=1S/C23H27N3O4/c1-15-7-5-8-16(13-15)20(28)25-22-24-18-14-17(30-21(29)23(2,3)4)9-10-19(18)26(22)11-6-12-27/h5,7-10,13-14,27H,6,11-12H2,1-4H3,(H,24,25,28). The van der Waals surface area contributed by atoms with Crippen LogP contribution in [0.1, 0.15) is 43.1 Å². The Labute approximate surface area is 175 Å². The Kier molecular flexibility index (Phi) is 6.22. The van der Waals surface area contributed by atoms with E-state index in [9.17, 15) is 14.7 Å². The second-order valence-corrected chi connectivity index (χ2v) is 8.28. The van der Waals surface area contributed by atoms with Gasteiger partial charge in [0.2, 0.25) is 5.95 Å². The number of aryl methyl sites for hydroxylation is 2. The van der Waals surface area contributed by atoms with Crippen LogP contribution in [0, 0.1) is 12.3 Å². The topological polar surface area (TPSA) is 93.5 Å². The number of anilines is 1. The first-order chi connectivity index (χ1) is 14.2. The summed E-state index contributed by atoms with van der Waals surface area (Å²) in [5.41, 5.74) is 2.27. The number of hydrogen-bond acceptors (Lipinski definition) is 5. The molecule has 0 aliphatic heterocycles. The number of aliphatic hydroxyl groups is 1. The summed E-state index contributed by atoms with van der Waals surface area (Å²) in [6.07, 6.45) is 0.513. The predicted molar refractivity (Wildman–Crippen MR) is 116 cm³/mol. The number of nitrogens with zero attached hydrogens (tertiary/aromatic N) is 2. The molecule has 30 heavy (non-hydrogen) atoms. The van der Waals surface area contributed by atoms with E-state index in [4.69, 9.17) is 4.74 Å². The minimum Gasteiger partial charge on any atom is -0.426 e. The van der Waals surface area contributed by atoms with Gasteiger partial charge in [0.05, 0.1) is 16.4 Å². The van der Waals surface area contributed by atoms with Gasteiger partial charge < -0.3 is 14.4 Å². The van der Waals surface area contributed by atoms with Crippen LogP contribution in [0.15, 0.2) is 42.5 Å². The van der Waals surface area contributed by atoms with Crippen molar-refractivity contribution >= 4 is 28.9 Å². The average molecular weight is 409 g/mol. The lowest BCUT2D eigenvalue weighted by Crippen LogP contribution is -2.25. The zero-order valence-electron chi connectivity index (χ0n) is 17.7. The van der Waals surface area contributed by atoms with Gasteiger partial charge in [-0.25, -0.2) is 4.98 Å². The van der Waals surface area contributed by atoms with Gasteiger partial charge in [0.1, 0.15) is 5.75 Å². The van der Waals surface area contributed by atoms with E-state index in [0.29, 0.717) is 35.7 Å². The number of carbonyl (C=O) groups excluding carboxylic acids is 2. The molecule has 0 saturated heterocycles. The van der Waals surface area contributed by atoms with Crippen LogP contribution >= 0.6 is 0 Å². The molecule has 3 aromatic rings. The van der Waals surface area contributed by atoms with Crippen molar-refractivity contribution in [1.82, 2.24) is 9.55 Å². The summed E-state index contributed by atoms with van der Waals surface area (Å²) >= 11 is 0. The van der Waals surface area contributed by atoms with Crippen molar-refractivity contribution < 1.29 is 19.4 Å². The van der Waals surface area contributed by atoms with Crippen molar-refractivity contribution in [2.24, 2.45) is 5.41 Å². The van der Waals surface area contributed by atoms with Crippen LogP contribution in [0.3, 0.4) is 0 Å². The number of nitrogens with one attached hydrogen (secondary N) is 1. The smallest absolute Gasteiger partial charge is 0.316 e. The first kappa shape index (κ1) is 21.5. The molecule has 1 heterocycles. The molecule has 0 atom stereocenters. The number of carbonyl (C=O) groups is 2. The van der Waals surface area contributed by atoms with Gasteiger partial charge in [-0.1, -0.05) is 17.7 Å². The van der Waals surface area contributed by atoms with E-state index in [1.165, 1.54) is 0 Å². The lowest BCUT2D eigenvalue weighted by atomic mass is 9.97. The fraction of sp³-hybridized carbons (Fsp3) is 0.348. The first-order valence-electron chi connectivity index (χ1n) is 9.90. The van der Waals surface area contributed by atoms with E-state index in [1.54, 1.807) is 51.1 Å². The summed E-state index contributed by atoms with van der Waals surface area (Å²) in [7, 11) is 0. The fourth-order valence-corrected chi connectivity index (χ4v) is 2.94.